The Morgan fingerprint density at radius 2 is 2.11 bits per heavy atom. The third-order valence-corrected chi connectivity index (χ3v) is 4.52. The first-order valence-corrected chi connectivity index (χ1v) is 7.78. The molecular formula is C14H15BrClN3. The second-order valence-electron chi connectivity index (χ2n) is 4.93. The third kappa shape index (κ3) is 2.84. The van der Waals surface area contributed by atoms with Crippen LogP contribution in [0.3, 0.4) is 0 Å². The van der Waals surface area contributed by atoms with Crippen LogP contribution in [0.15, 0.2) is 29.0 Å². The monoisotopic (exact) mass is 339 g/mol. The molecular weight excluding hydrogens is 326 g/mol. The molecule has 2 heterocycles. The molecule has 0 radical (unpaired) electrons. The SMILES string of the molecule is ClC1CCCCC1Nc1ccnc2cc(Br)cnc12. The van der Waals surface area contributed by atoms with Gasteiger partial charge in [-0.3, -0.25) is 9.97 Å². The van der Waals surface area contributed by atoms with E-state index in [9.17, 15) is 0 Å². The Labute approximate surface area is 125 Å². The van der Waals surface area contributed by atoms with Crippen LogP contribution >= 0.6 is 27.5 Å². The number of hydrogen-bond donors (Lipinski definition) is 1. The molecule has 0 amide bonds. The molecule has 5 heteroatoms. The van der Waals surface area contributed by atoms with Crippen molar-refractivity contribution in [3.8, 4) is 0 Å². The molecule has 1 saturated carbocycles. The summed E-state index contributed by atoms with van der Waals surface area (Å²) in [6, 6.07) is 4.28. The number of nitrogens with one attached hydrogen (secondary N) is 1. The zero-order chi connectivity index (χ0) is 13.2. The minimum Gasteiger partial charge on any atom is -0.379 e. The summed E-state index contributed by atoms with van der Waals surface area (Å²) in [4.78, 5) is 8.81. The lowest BCUT2D eigenvalue weighted by Gasteiger charge is -2.28. The fraction of sp³-hybridized carbons (Fsp3) is 0.429. The van der Waals surface area contributed by atoms with Crippen LogP contribution in [0.2, 0.25) is 0 Å². The second kappa shape index (κ2) is 5.63. The van der Waals surface area contributed by atoms with Crippen molar-refractivity contribution in [3.05, 3.63) is 29.0 Å². The van der Waals surface area contributed by atoms with Gasteiger partial charge in [-0.25, -0.2) is 0 Å². The minimum absolute atomic E-state index is 0.201. The van der Waals surface area contributed by atoms with Gasteiger partial charge in [0.25, 0.3) is 0 Å². The van der Waals surface area contributed by atoms with Crippen LogP contribution < -0.4 is 5.32 Å². The van der Waals surface area contributed by atoms with Crippen molar-refractivity contribution >= 4 is 44.3 Å². The van der Waals surface area contributed by atoms with Gasteiger partial charge >= 0.3 is 0 Å². The number of fused-ring (bicyclic) bond motifs is 1. The van der Waals surface area contributed by atoms with Crippen molar-refractivity contribution < 1.29 is 0 Å². The Kier molecular flexibility index (Phi) is 3.89. The lowest BCUT2D eigenvalue weighted by molar-refractivity contribution is 0.470. The van der Waals surface area contributed by atoms with Crippen LogP contribution in [-0.4, -0.2) is 21.4 Å². The van der Waals surface area contributed by atoms with Gasteiger partial charge in [0.15, 0.2) is 0 Å². The van der Waals surface area contributed by atoms with E-state index in [4.69, 9.17) is 11.6 Å². The zero-order valence-electron chi connectivity index (χ0n) is 10.4. The maximum Gasteiger partial charge on any atom is 0.112 e. The largest absolute Gasteiger partial charge is 0.379 e. The van der Waals surface area contributed by atoms with E-state index in [-0.39, 0.29) is 5.38 Å². The maximum absolute atomic E-state index is 6.40. The highest BCUT2D eigenvalue weighted by molar-refractivity contribution is 9.10. The van der Waals surface area contributed by atoms with Crippen molar-refractivity contribution in [2.75, 3.05) is 5.32 Å². The number of aromatic nitrogens is 2. The predicted molar refractivity (Wildman–Crippen MR) is 82.8 cm³/mol. The summed E-state index contributed by atoms with van der Waals surface area (Å²) < 4.78 is 0.942. The summed E-state index contributed by atoms with van der Waals surface area (Å²) in [5.41, 5.74) is 2.82. The summed E-state index contributed by atoms with van der Waals surface area (Å²) in [6.45, 7) is 0. The average molecular weight is 341 g/mol. The molecule has 2 aromatic heterocycles. The first-order chi connectivity index (χ1) is 9.24. The Morgan fingerprint density at radius 1 is 1.26 bits per heavy atom. The topological polar surface area (TPSA) is 37.8 Å². The van der Waals surface area contributed by atoms with E-state index in [1.165, 1.54) is 12.8 Å². The summed E-state index contributed by atoms with van der Waals surface area (Å²) in [5.74, 6) is 0. The van der Waals surface area contributed by atoms with Crippen LogP contribution in [0.5, 0.6) is 0 Å². The van der Waals surface area contributed by atoms with Crippen LogP contribution in [-0.2, 0) is 0 Å². The van der Waals surface area contributed by atoms with Crippen LogP contribution in [0.1, 0.15) is 25.7 Å². The molecule has 1 aliphatic carbocycles. The van der Waals surface area contributed by atoms with Crippen LogP contribution in [0.25, 0.3) is 11.0 Å². The first-order valence-electron chi connectivity index (χ1n) is 6.55. The molecule has 0 aromatic carbocycles. The van der Waals surface area contributed by atoms with Gasteiger partial charge in [-0.15, -0.1) is 11.6 Å². The van der Waals surface area contributed by atoms with Crippen molar-refractivity contribution in [1.82, 2.24) is 9.97 Å². The van der Waals surface area contributed by atoms with Crippen molar-refractivity contribution in [2.45, 2.75) is 37.1 Å². The van der Waals surface area contributed by atoms with Gasteiger partial charge in [0.05, 0.1) is 16.6 Å². The van der Waals surface area contributed by atoms with Gasteiger partial charge in [-0.2, -0.15) is 0 Å². The standard InChI is InChI=1S/C14H15BrClN3/c15-9-7-13-14(18-8-9)12(5-6-17-13)19-11-4-2-1-3-10(11)16/h5-8,10-11H,1-4H2,(H,17,19). The second-order valence-corrected chi connectivity index (χ2v) is 6.41. The highest BCUT2D eigenvalue weighted by Crippen LogP contribution is 2.28. The minimum atomic E-state index is 0.201. The van der Waals surface area contributed by atoms with Gasteiger partial charge < -0.3 is 5.32 Å². The van der Waals surface area contributed by atoms with E-state index in [1.54, 1.807) is 6.20 Å². The van der Waals surface area contributed by atoms with Gasteiger partial charge in [-0.05, 0) is 40.9 Å². The number of pyridine rings is 2. The molecule has 1 fully saturated rings. The van der Waals surface area contributed by atoms with Crippen molar-refractivity contribution in [3.63, 3.8) is 0 Å². The molecule has 2 aromatic rings. The third-order valence-electron chi connectivity index (χ3n) is 3.57. The highest BCUT2D eigenvalue weighted by Gasteiger charge is 2.23. The Balaban J connectivity index is 1.92. The summed E-state index contributed by atoms with van der Waals surface area (Å²) in [7, 11) is 0. The Morgan fingerprint density at radius 3 is 2.95 bits per heavy atom. The molecule has 100 valence electrons. The Bertz CT molecular complexity index is 590. The normalized spacial score (nSPS) is 23.5. The van der Waals surface area contributed by atoms with Crippen molar-refractivity contribution in [2.24, 2.45) is 0 Å². The average Bonchev–Trinajstić information content (AvgIpc) is 2.41. The molecule has 2 atom stereocenters. The number of hydrogen-bond acceptors (Lipinski definition) is 3. The zero-order valence-corrected chi connectivity index (χ0v) is 12.8. The first kappa shape index (κ1) is 13.1. The molecule has 0 bridgehead atoms. The van der Waals surface area contributed by atoms with Crippen LogP contribution in [0.4, 0.5) is 5.69 Å². The fourth-order valence-corrected chi connectivity index (χ4v) is 3.23. The molecule has 0 saturated heterocycles. The lowest BCUT2D eigenvalue weighted by Crippen LogP contribution is -2.32. The highest BCUT2D eigenvalue weighted by atomic mass is 79.9. The molecule has 1 N–H and O–H groups in total. The molecule has 3 rings (SSSR count). The maximum atomic E-state index is 6.40. The van der Waals surface area contributed by atoms with E-state index in [0.29, 0.717) is 6.04 Å². The predicted octanol–water partition coefficient (Wildman–Crippen LogP) is 4.35. The molecule has 3 nitrogen and oxygen atoms in total. The van der Waals surface area contributed by atoms with Gasteiger partial charge in [0.2, 0.25) is 0 Å². The van der Waals surface area contributed by atoms with Crippen molar-refractivity contribution in [1.29, 1.82) is 0 Å². The lowest BCUT2D eigenvalue weighted by atomic mass is 9.94. The summed E-state index contributed by atoms with van der Waals surface area (Å²) in [6.07, 6.45) is 8.28. The van der Waals surface area contributed by atoms with Crippen LogP contribution in [0, 0.1) is 0 Å². The number of alkyl halides is 1. The summed E-state index contributed by atoms with van der Waals surface area (Å²) >= 11 is 9.82. The quantitative estimate of drug-likeness (QED) is 0.826. The molecule has 2 unspecified atom stereocenters. The summed E-state index contributed by atoms with van der Waals surface area (Å²) in [5, 5.41) is 3.74. The van der Waals surface area contributed by atoms with Gasteiger partial charge in [-0.1, -0.05) is 12.8 Å². The van der Waals surface area contributed by atoms with E-state index in [2.05, 4.69) is 31.2 Å². The van der Waals surface area contributed by atoms with E-state index < -0.39 is 0 Å². The molecule has 1 aliphatic rings. The molecule has 0 aliphatic heterocycles. The van der Waals surface area contributed by atoms with E-state index in [1.807, 2.05) is 18.3 Å². The smallest absolute Gasteiger partial charge is 0.112 e. The van der Waals surface area contributed by atoms with E-state index in [0.717, 1.165) is 34.0 Å². The molecule has 19 heavy (non-hydrogen) atoms. The number of rotatable bonds is 2. The number of nitrogens with zero attached hydrogens (tertiary/aromatic N) is 2. The van der Waals surface area contributed by atoms with Gasteiger partial charge in [0.1, 0.15) is 5.52 Å². The fourth-order valence-electron chi connectivity index (χ4n) is 2.57. The number of anilines is 1. The number of halogens is 2. The van der Waals surface area contributed by atoms with Gasteiger partial charge in [0, 0.05) is 22.9 Å². The Hall–Kier alpha value is -0.870. The van der Waals surface area contributed by atoms with E-state index >= 15 is 0 Å². The molecule has 0 spiro atoms.